The number of nitrogens with one attached hydrogen (secondary N) is 1. The highest BCUT2D eigenvalue weighted by atomic mass is 16.5. The van der Waals surface area contributed by atoms with E-state index in [-0.39, 0.29) is 17.2 Å². The van der Waals surface area contributed by atoms with Gasteiger partial charge >= 0.3 is 0 Å². The fraction of sp³-hybridized carbons (Fsp3) is 0.440. The Morgan fingerprint density at radius 2 is 1.67 bits per heavy atom. The zero-order valence-corrected chi connectivity index (χ0v) is 19.3. The SMILES string of the molecule is CCCC(C)(C)CNN(C(=O)c1cc(C)cc(C)c1)C(=O)c1cccc(OC)c1C. The average Bonchev–Trinajstić information content (AvgIpc) is 2.67. The van der Waals surface area contributed by atoms with Crippen molar-refractivity contribution in [2.24, 2.45) is 5.41 Å². The summed E-state index contributed by atoms with van der Waals surface area (Å²) in [7, 11) is 1.57. The van der Waals surface area contributed by atoms with Gasteiger partial charge in [0.2, 0.25) is 0 Å². The lowest BCUT2D eigenvalue weighted by atomic mass is 9.88. The van der Waals surface area contributed by atoms with Crippen molar-refractivity contribution in [1.82, 2.24) is 10.4 Å². The summed E-state index contributed by atoms with van der Waals surface area (Å²) >= 11 is 0. The molecule has 0 bridgehead atoms. The average molecular weight is 411 g/mol. The maximum Gasteiger partial charge on any atom is 0.275 e. The number of carbonyl (C=O) groups excluding carboxylic acids is 2. The minimum absolute atomic E-state index is 0.0560. The second-order valence-corrected chi connectivity index (χ2v) is 8.70. The molecule has 1 N–H and O–H groups in total. The minimum atomic E-state index is -0.386. The molecule has 0 aromatic heterocycles. The van der Waals surface area contributed by atoms with Gasteiger partial charge in [-0.2, -0.15) is 0 Å². The molecular formula is C25H34N2O3. The summed E-state index contributed by atoms with van der Waals surface area (Å²) in [6.07, 6.45) is 2.01. The first-order chi connectivity index (χ1) is 14.1. The second-order valence-electron chi connectivity index (χ2n) is 8.70. The molecule has 2 aromatic carbocycles. The van der Waals surface area contributed by atoms with E-state index in [0.29, 0.717) is 29.0 Å². The van der Waals surface area contributed by atoms with E-state index in [0.717, 1.165) is 29.0 Å². The molecule has 0 saturated heterocycles. The number of hydrogen-bond donors (Lipinski definition) is 1. The van der Waals surface area contributed by atoms with Crippen molar-refractivity contribution in [2.45, 2.75) is 54.4 Å². The Labute approximate surface area is 180 Å². The lowest BCUT2D eigenvalue weighted by Gasteiger charge is -2.30. The summed E-state index contributed by atoms with van der Waals surface area (Å²) < 4.78 is 5.36. The summed E-state index contributed by atoms with van der Waals surface area (Å²) in [4.78, 5) is 26.9. The van der Waals surface area contributed by atoms with Crippen LogP contribution in [-0.2, 0) is 0 Å². The number of rotatable bonds is 8. The van der Waals surface area contributed by atoms with Gasteiger partial charge in [-0.25, -0.2) is 10.4 Å². The first kappa shape index (κ1) is 23.6. The van der Waals surface area contributed by atoms with E-state index in [1.165, 1.54) is 0 Å². The molecular weight excluding hydrogens is 376 g/mol. The first-order valence-electron chi connectivity index (χ1n) is 10.4. The molecule has 0 spiro atoms. The van der Waals surface area contributed by atoms with E-state index in [4.69, 9.17) is 4.74 Å². The van der Waals surface area contributed by atoms with Crippen LogP contribution in [0.4, 0.5) is 0 Å². The Kier molecular flexibility index (Phi) is 7.79. The zero-order chi connectivity index (χ0) is 22.5. The van der Waals surface area contributed by atoms with E-state index < -0.39 is 0 Å². The largest absolute Gasteiger partial charge is 0.496 e. The maximum absolute atomic E-state index is 13.5. The fourth-order valence-electron chi connectivity index (χ4n) is 3.71. The number of imide groups is 1. The monoisotopic (exact) mass is 410 g/mol. The van der Waals surface area contributed by atoms with E-state index in [1.807, 2.05) is 39.0 Å². The molecule has 0 aliphatic heterocycles. The highest BCUT2D eigenvalue weighted by molar-refractivity contribution is 6.10. The molecule has 0 saturated carbocycles. The van der Waals surface area contributed by atoms with E-state index in [9.17, 15) is 9.59 Å². The van der Waals surface area contributed by atoms with Crippen molar-refractivity contribution in [2.75, 3.05) is 13.7 Å². The van der Waals surface area contributed by atoms with Crippen molar-refractivity contribution in [3.8, 4) is 5.75 Å². The van der Waals surface area contributed by atoms with E-state index >= 15 is 0 Å². The first-order valence-corrected chi connectivity index (χ1v) is 10.4. The van der Waals surface area contributed by atoms with E-state index in [2.05, 4.69) is 26.2 Å². The third-order valence-electron chi connectivity index (χ3n) is 5.25. The highest BCUT2D eigenvalue weighted by Gasteiger charge is 2.28. The summed E-state index contributed by atoms with van der Waals surface area (Å²) in [5.41, 5.74) is 6.68. The number of amides is 2. The Morgan fingerprint density at radius 3 is 2.23 bits per heavy atom. The van der Waals surface area contributed by atoms with Crippen molar-refractivity contribution in [3.63, 3.8) is 0 Å². The van der Waals surface area contributed by atoms with Crippen LogP contribution in [-0.4, -0.2) is 30.5 Å². The molecule has 0 fully saturated rings. The molecule has 30 heavy (non-hydrogen) atoms. The van der Waals surface area contributed by atoms with Crippen LogP contribution >= 0.6 is 0 Å². The number of nitrogens with zero attached hydrogens (tertiary/aromatic N) is 1. The third kappa shape index (κ3) is 5.70. The van der Waals surface area contributed by atoms with Crippen LogP contribution < -0.4 is 10.2 Å². The van der Waals surface area contributed by atoms with Gasteiger partial charge in [0.25, 0.3) is 11.8 Å². The molecule has 0 aliphatic rings. The molecule has 2 amide bonds. The summed E-state index contributed by atoms with van der Waals surface area (Å²) in [5.74, 6) is -0.130. The van der Waals surface area contributed by atoms with Crippen LogP contribution in [0.1, 0.15) is 71.0 Å². The Balaban J connectivity index is 2.45. The Morgan fingerprint density at radius 1 is 1.03 bits per heavy atom. The van der Waals surface area contributed by atoms with Gasteiger partial charge in [-0.1, -0.05) is 50.5 Å². The fourth-order valence-corrected chi connectivity index (χ4v) is 3.71. The van der Waals surface area contributed by atoms with Crippen molar-refractivity contribution >= 4 is 11.8 Å². The van der Waals surface area contributed by atoms with Crippen LogP contribution in [0.25, 0.3) is 0 Å². The molecule has 0 heterocycles. The van der Waals surface area contributed by atoms with Gasteiger partial charge in [-0.05, 0) is 56.9 Å². The normalized spacial score (nSPS) is 11.3. The molecule has 2 rings (SSSR count). The smallest absolute Gasteiger partial charge is 0.275 e. The molecule has 0 aliphatic carbocycles. The lowest BCUT2D eigenvalue weighted by molar-refractivity contribution is 0.0495. The van der Waals surface area contributed by atoms with Gasteiger partial charge in [0.05, 0.1) is 7.11 Å². The van der Waals surface area contributed by atoms with Gasteiger partial charge in [-0.3, -0.25) is 9.59 Å². The highest BCUT2D eigenvalue weighted by Crippen LogP contribution is 2.24. The molecule has 5 heteroatoms. The lowest BCUT2D eigenvalue weighted by Crippen LogP contribution is -2.50. The number of benzene rings is 2. The Bertz CT molecular complexity index is 898. The molecule has 0 atom stereocenters. The van der Waals surface area contributed by atoms with Gasteiger partial charge in [0.15, 0.2) is 0 Å². The molecule has 162 valence electrons. The number of carbonyl (C=O) groups is 2. The molecule has 2 aromatic rings. The predicted molar refractivity (Wildman–Crippen MR) is 121 cm³/mol. The number of aryl methyl sites for hydroxylation is 2. The number of hydrazine groups is 1. The van der Waals surface area contributed by atoms with Crippen LogP contribution in [0.2, 0.25) is 0 Å². The number of ether oxygens (including phenoxy) is 1. The van der Waals surface area contributed by atoms with Crippen molar-refractivity contribution in [1.29, 1.82) is 0 Å². The topological polar surface area (TPSA) is 58.6 Å². The van der Waals surface area contributed by atoms with Gasteiger partial charge in [0, 0.05) is 23.2 Å². The van der Waals surface area contributed by atoms with Crippen molar-refractivity contribution < 1.29 is 14.3 Å². The van der Waals surface area contributed by atoms with Crippen LogP contribution in [0, 0.1) is 26.2 Å². The third-order valence-corrected chi connectivity index (χ3v) is 5.25. The van der Waals surface area contributed by atoms with Crippen LogP contribution in [0.3, 0.4) is 0 Å². The summed E-state index contributed by atoms with van der Waals surface area (Å²) in [6.45, 7) is 12.6. The summed E-state index contributed by atoms with van der Waals surface area (Å²) in [5, 5.41) is 1.16. The van der Waals surface area contributed by atoms with Gasteiger partial charge in [0.1, 0.15) is 5.75 Å². The second kappa shape index (κ2) is 9.90. The quantitative estimate of drug-likeness (QED) is 0.478. The van der Waals surface area contributed by atoms with Crippen LogP contribution in [0.5, 0.6) is 5.75 Å². The molecule has 0 unspecified atom stereocenters. The number of hydrogen-bond acceptors (Lipinski definition) is 4. The van der Waals surface area contributed by atoms with Gasteiger partial charge in [-0.15, -0.1) is 0 Å². The Hall–Kier alpha value is -2.66. The standard InChI is InChI=1S/C25H34N2O3/c1-8-12-25(5,6)16-26-27(23(28)20-14-17(2)13-18(3)15-20)24(29)21-10-9-11-22(30-7)19(21)4/h9-11,13-15,26H,8,12,16H2,1-7H3. The van der Waals surface area contributed by atoms with Crippen LogP contribution in [0.15, 0.2) is 36.4 Å². The molecule has 5 nitrogen and oxygen atoms in total. The van der Waals surface area contributed by atoms with E-state index in [1.54, 1.807) is 25.3 Å². The maximum atomic E-state index is 13.5. The number of methoxy groups -OCH3 is 1. The predicted octanol–water partition coefficient (Wildman–Crippen LogP) is 5.23. The summed E-state index contributed by atoms with van der Waals surface area (Å²) in [6, 6.07) is 10.9. The van der Waals surface area contributed by atoms with Crippen molar-refractivity contribution in [3.05, 3.63) is 64.2 Å². The zero-order valence-electron chi connectivity index (χ0n) is 19.3. The van der Waals surface area contributed by atoms with Gasteiger partial charge < -0.3 is 4.74 Å². The minimum Gasteiger partial charge on any atom is -0.496 e. The molecule has 0 radical (unpaired) electrons.